The number of urea groups is 1. The zero-order valence-corrected chi connectivity index (χ0v) is 26.7. The molecule has 2 unspecified atom stereocenters. The van der Waals surface area contributed by atoms with E-state index < -0.39 is 59.1 Å². The number of thiazole rings is 1. The number of rotatable bonds is 12. The Labute approximate surface area is 256 Å². The van der Waals surface area contributed by atoms with Crippen molar-refractivity contribution in [3.63, 3.8) is 0 Å². The van der Waals surface area contributed by atoms with Crippen molar-refractivity contribution < 1.29 is 28.8 Å². The Bertz CT molecular complexity index is 1280. The van der Waals surface area contributed by atoms with E-state index in [1.54, 1.807) is 5.38 Å². The molecule has 1 aliphatic heterocycles. The van der Waals surface area contributed by atoms with Crippen LogP contribution in [0, 0.1) is 34.5 Å². The molecular weight excluding hydrogens is 572 g/mol. The summed E-state index contributed by atoms with van der Waals surface area (Å²) in [6, 6.07) is -4.48. The molecule has 0 aromatic carbocycles. The van der Waals surface area contributed by atoms with Gasteiger partial charge in [0.15, 0.2) is 5.01 Å². The molecule has 5 amide bonds. The van der Waals surface area contributed by atoms with Crippen molar-refractivity contribution in [2.24, 2.45) is 40.2 Å². The lowest BCUT2D eigenvalue weighted by Gasteiger charge is -2.38. The summed E-state index contributed by atoms with van der Waals surface area (Å²) in [7, 11) is 0. The molecular formula is C30H44N6O6S. The Morgan fingerprint density at radius 3 is 2.26 bits per heavy atom. The molecule has 0 spiro atoms. The van der Waals surface area contributed by atoms with Crippen molar-refractivity contribution in [2.75, 3.05) is 6.54 Å². The van der Waals surface area contributed by atoms with E-state index in [2.05, 4.69) is 20.9 Å². The van der Waals surface area contributed by atoms with Gasteiger partial charge in [-0.05, 0) is 40.9 Å². The van der Waals surface area contributed by atoms with Crippen LogP contribution in [0.3, 0.4) is 0 Å². The average molecular weight is 617 g/mol. The Hall–Kier alpha value is -3.35. The van der Waals surface area contributed by atoms with Crippen LogP contribution >= 0.6 is 11.3 Å². The molecule has 0 bridgehead atoms. The molecule has 3 fully saturated rings. The molecule has 236 valence electrons. The summed E-state index contributed by atoms with van der Waals surface area (Å²) in [6.07, 6.45) is 3.68. The number of likely N-dealkylation sites (tertiary alicyclic amines) is 1. The maximum atomic E-state index is 14.2. The standard InChI is InChI=1S/C30H44N6O6S/c1-14(2)19(22(38)26-32-10-11-43-26)34-28(42)35-23(29(3,4)5)27(41)36-13-16-18(30(16,6)7)20(36)25(40)33-17(12-15-8-9-15)21(37)24(31)39/h10-11,14-20,23H,8-9,12-13H2,1-7H3,(H2,31,39)(H,33,40)(H2,34,35,42)/t16-,17?,18?,19-,20-,23+/m0/s1. The molecule has 2 saturated carbocycles. The van der Waals surface area contributed by atoms with Gasteiger partial charge in [-0.25, -0.2) is 9.78 Å². The molecule has 3 aliphatic rings. The van der Waals surface area contributed by atoms with Crippen molar-refractivity contribution in [2.45, 2.75) is 91.9 Å². The van der Waals surface area contributed by atoms with E-state index in [1.807, 2.05) is 48.5 Å². The van der Waals surface area contributed by atoms with Crippen molar-refractivity contribution >= 4 is 46.7 Å². The van der Waals surface area contributed by atoms with Crippen LogP contribution in [0.15, 0.2) is 11.6 Å². The van der Waals surface area contributed by atoms with Crippen molar-refractivity contribution in [1.82, 2.24) is 25.8 Å². The summed E-state index contributed by atoms with van der Waals surface area (Å²) in [5.74, 6) is -3.27. The third kappa shape index (κ3) is 6.91. The minimum absolute atomic E-state index is 0.0663. The van der Waals surface area contributed by atoms with Gasteiger partial charge in [-0.1, -0.05) is 61.3 Å². The molecule has 1 saturated heterocycles. The van der Waals surface area contributed by atoms with Crippen LogP contribution < -0.4 is 21.7 Å². The smallest absolute Gasteiger partial charge is 0.316 e. The summed E-state index contributed by atoms with van der Waals surface area (Å²) in [5, 5.41) is 10.2. The lowest BCUT2D eigenvalue weighted by molar-refractivity contribution is -0.145. The van der Waals surface area contributed by atoms with Gasteiger partial charge in [0.1, 0.15) is 12.1 Å². The van der Waals surface area contributed by atoms with Crippen LogP contribution in [0.25, 0.3) is 0 Å². The predicted molar refractivity (Wildman–Crippen MR) is 160 cm³/mol. The molecule has 12 nitrogen and oxygen atoms in total. The van der Waals surface area contributed by atoms with Crippen LogP contribution in [-0.4, -0.2) is 75.9 Å². The highest BCUT2D eigenvalue weighted by molar-refractivity contribution is 7.11. The number of nitrogens with zero attached hydrogens (tertiary/aromatic N) is 2. The van der Waals surface area contributed by atoms with Gasteiger partial charge < -0.3 is 26.6 Å². The van der Waals surface area contributed by atoms with Crippen LogP contribution in [0.2, 0.25) is 0 Å². The molecule has 4 rings (SSSR count). The Morgan fingerprint density at radius 1 is 1.09 bits per heavy atom. The van der Waals surface area contributed by atoms with Gasteiger partial charge in [-0.3, -0.25) is 24.0 Å². The van der Waals surface area contributed by atoms with Crippen molar-refractivity contribution in [1.29, 1.82) is 0 Å². The van der Waals surface area contributed by atoms with Gasteiger partial charge in [0.05, 0.1) is 12.1 Å². The number of piperidine rings is 1. The average Bonchev–Trinajstić information content (AvgIpc) is 3.60. The number of hydrogen-bond acceptors (Lipinski definition) is 8. The summed E-state index contributed by atoms with van der Waals surface area (Å²) in [5.41, 5.74) is 4.33. The highest BCUT2D eigenvalue weighted by atomic mass is 32.1. The molecule has 1 aromatic heterocycles. The molecule has 0 radical (unpaired) electrons. The van der Waals surface area contributed by atoms with Gasteiger partial charge in [0.2, 0.25) is 23.4 Å². The monoisotopic (exact) mass is 616 g/mol. The first-order chi connectivity index (χ1) is 19.9. The van der Waals surface area contributed by atoms with Gasteiger partial charge >= 0.3 is 6.03 Å². The number of carbonyl (C=O) groups is 6. The first-order valence-corrected chi connectivity index (χ1v) is 15.8. The molecule has 6 atom stereocenters. The van der Waals surface area contributed by atoms with E-state index in [4.69, 9.17) is 5.73 Å². The fraction of sp³-hybridized carbons (Fsp3) is 0.700. The Balaban J connectivity index is 1.53. The minimum Gasteiger partial charge on any atom is -0.363 e. The summed E-state index contributed by atoms with van der Waals surface area (Å²) in [6.45, 7) is 13.4. The molecule has 1 aromatic rings. The molecule has 43 heavy (non-hydrogen) atoms. The highest BCUT2D eigenvalue weighted by Gasteiger charge is 2.70. The van der Waals surface area contributed by atoms with Crippen LogP contribution in [-0.2, 0) is 19.2 Å². The molecule has 13 heteroatoms. The van der Waals surface area contributed by atoms with E-state index in [-0.39, 0.29) is 39.9 Å². The van der Waals surface area contributed by atoms with Gasteiger partial charge in [0.25, 0.3) is 5.91 Å². The lowest BCUT2D eigenvalue weighted by Crippen LogP contribution is -2.62. The molecule has 5 N–H and O–H groups in total. The number of aromatic nitrogens is 1. The maximum Gasteiger partial charge on any atom is 0.316 e. The topological polar surface area (TPSA) is 181 Å². The summed E-state index contributed by atoms with van der Waals surface area (Å²) < 4.78 is 0. The number of hydrogen-bond donors (Lipinski definition) is 4. The Morgan fingerprint density at radius 2 is 1.74 bits per heavy atom. The number of fused-ring (bicyclic) bond motifs is 1. The van der Waals surface area contributed by atoms with Gasteiger partial charge in [-0.15, -0.1) is 11.3 Å². The first kappa shape index (κ1) is 32.6. The van der Waals surface area contributed by atoms with Crippen LogP contribution in [0.5, 0.6) is 0 Å². The second-order valence-electron chi connectivity index (χ2n) is 14.2. The minimum atomic E-state index is -1.11. The summed E-state index contributed by atoms with van der Waals surface area (Å²) in [4.78, 5) is 84.1. The van der Waals surface area contributed by atoms with Crippen molar-refractivity contribution in [3.8, 4) is 0 Å². The van der Waals surface area contributed by atoms with Crippen LogP contribution in [0.1, 0.15) is 77.5 Å². The quantitative estimate of drug-likeness (QED) is 0.204. The van der Waals surface area contributed by atoms with E-state index in [0.717, 1.165) is 12.8 Å². The number of primary amides is 1. The molecule has 2 aliphatic carbocycles. The number of ketones is 2. The van der Waals surface area contributed by atoms with Gasteiger partial charge in [-0.2, -0.15) is 0 Å². The van der Waals surface area contributed by atoms with E-state index in [9.17, 15) is 28.8 Å². The Kier molecular flexibility index (Phi) is 9.07. The number of carbonyl (C=O) groups excluding carboxylic acids is 6. The third-order valence-corrected chi connectivity index (χ3v) is 9.96. The zero-order chi connectivity index (χ0) is 32.0. The maximum absolute atomic E-state index is 14.2. The number of nitrogens with one attached hydrogen (secondary N) is 3. The van der Waals surface area contributed by atoms with Crippen LogP contribution in [0.4, 0.5) is 4.79 Å². The predicted octanol–water partition coefficient (Wildman–Crippen LogP) is 1.89. The SMILES string of the molecule is CC(C)[C@H](NC(=O)N[C@H](C(=O)N1C[C@H]2C([C@H]1C(=O)NC(CC1CC1)C(=O)C(N)=O)C2(C)C)C(C)(C)C)C(=O)c1nccs1. The fourth-order valence-electron chi connectivity index (χ4n) is 6.30. The summed E-state index contributed by atoms with van der Waals surface area (Å²) >= 11 is 1.19. The number of Topliss-reactive ketones (excluding diaryl/α,β-unsaturated/α-hetero) is 2. The highest BCUT2D eigenvalue weighted by Crippen LogP contribution is 2.65. The van der Waals surface area contributed by atoms with E-state index in [0.29, 0.717) is 13.0 Å². The van der Waals surface area contributed by atoms with Gasteiger partial charge in [0, 0.05) is 18.1 Å². The fourth-order valence-corrected chi connectivity index (χ4v) is 6.92. The zero-order valence-electron chi connectivity index (χ0n) is 25.9. The second-order valence-corrected chi connectivity index (χ2v) is 15.1. The first-order valence-electron chi connectivity index (χ1n) is 14.9. The van der Waals surface area contributed by atoms with E-state index >= 15 is 0 Å². The largest absolute Gasteiger partial charge is 0.363 e. The molecule has 2 heterocycles. The number of nitrogens with two attached hydrogens (primary N) is 1. The van der Waals surface area contributed by atoms with Crippen molar-refractivity contribution in [3.05, 3.63) is 16.6 Å². The normalized spacial score (nSPS) is 24.4. The second kappa shape index (κ2) is 12.0. The lowest BCUT2D eigenvalue weighted by atomic mass is 9.85. The van der Waals surface area contributed by atoms with E-state index in [1.165, 1.54) is 22.4 Å². The number of amides is 5. The third-order valence-electron chi connectivity index (χ3n) is 9.17.